The van der Waals surface area contributed by atoms with E-state index in [-0.39, 0.29) is 12.1 Å². The van der Waals surface area contributed by atoms with Crippen molar-refractivity contribution in [2.75, 3.05) is 20.8 Å². The van der Waals surface area contributed by atoms with Crippen molar-refractivity contribution in [2.24, 2.45) is 0 Å². The van der Waals surface area contributed by atoms with Gasteiger partial charge in [-0.2, -0.15) is 5.26 Å². The lowest BCUT2D eigenvalue weighted by molar-refractivity contribution is -0.117. The van der Waals surface area contributed by atoms with Gasteiger partial charge in [0.15, 0.2) is 11.5 Å². The largest absolute Gasteiger partial charge is 0.497 e. The summed E-state index contributed by atoms with van der Waals surface area (Å²) < 4.78 is 23.3. The molecule has 204 valence electrons. The molecule has 8 heteroatoms. The molecule has 1 N–H and O–H groups in total. The van der Waals surface area contributed by atoms with E-state index < -0.39 is 5.91 Å². The molecule has 4 aromatic carbocycles. The first-order valence-electron chi connectivity index (χ1n) is 12.6. The molecule has 0 aliphatic heterocycles. The first kappa shape index (κ1) is 28.5. The van der Waals surface area contributed by atoms with E-state index in [1.54, 1.807) is 44.6 Å². The maximum atomic E-state index is 12.9. The number of rotatable bonds is 11. The minimum Gasteiger partial charge on any atom is -0.497 e. The Morgan fingerprint density at radius 3 is 2.50 bits per heavy atom. The highest BCUT2D eigenvalue weighted by molar-refractivity contribution is 9.10. The second kappa shape index (κ2) is 13.5. The minimum atomic E-state index is -0.509. The number of ether oxygens (including phenoxy) is 4. The number of nitrogens with one attached hydrogen (secondary N) is 1. The number of nitriles is 1. The molecule has 0 saturated heterocycles. The number of nitrogens with zero attached hydrogens (tertiary/aromatic N) is 1. The van der Waals surface area contributed by atoms with Crippen LogP contribution < -0.4 is 24.3 Å². The summed E-state index contributed by atoms with van der Waals surface area (Å²) in [4.78, 5) is 12.9. The van der Waals surface area contributed by atoms with Gasteiger partial charge in [0.05, 0.1) is 25.3 Å². The molecule has 0 saturated carbocycles. The summed E-state index contributed by atoms with van der Waals surface area (Å²) in [6, 6.07) is 25.1. The summed E-state index contributed by atoms with van der Waals surface area (Å²) in [7, 11) is 3.11. The van der Waals surface area contributed by atoms with Crippen molar-refractivity contribution in [2.45, 2.75) is 20.1 Å². The maximum Gasteiger partial charge on any atom is 0.262 e. The number of benzene rings is 4. The minimum absolute atomic E-state index is 0.0498. The van der Waals surface area contributed by atoms with Gasteiger partial charge in [0, 0.05) is 18.2 Å². The Labute approximate surface area is 242 Å². The van der Waals surface area contributed by atoms with Crippen molar-refractivity contribution in [3.05, 3.63) is 99.5 Å². The average molecular weight is 601 g/mol. The van der Waals surface area contributed by atoms with Gasteiger partial charge in [-0.15, -0.1) is 0 Å². The smallest absolute Gasteiger partial charge is 0.262 e. The SMILES string of the molecule is CCOc1cc(/C=C(\C#N)C(=O)NCc2ccc(OC)cc2OC)cc(Br)c1OCc1cccc2ccccc12. The Bertz CT molecular complexity index is 1590. The molecule has 0 aliphatic carbocycles. The zero-order valence-electron chi connectivity index (χ0n) is 22.5. The Hall–Kier alpha value is -4.48. The molecular formula is C32H29BrN2O5. The summed E-state index contributed by atoms with van der Waals surface area (Å²) in [6.07, 6.45) is 1.52. The molecule has 40 heavy (non-hydrogen) atoms. The van der Waals surface area contributed by atoms with Crippen LogP contribution in [0.15, 0.2) is 82.8 Å². The van der Waals surface area contributed by atoms with Crippen molar-refractivity contribution in [3.63, 3.8) is 0 Å². The lowest BCUT2D eigenvalue weighted by Crippen LogP contribution is -2.24. The molecule has 4 rings (SSSR count). The summed E-state index contributed by atoms with van der Waals surface area (Å²) >= 11 is 3.59. The van der Waals surface area contributed by atoms with E-state index in [9.17, 15) is 10.1 Å². The second-order valence-corrected chi connectivity index (χ2v) is 9.57. The summed E-state index contributed by atoms with van der Waals surface area (Å²) in [5.41, 5.74) is 2.36. The zero-order chi connectivity index (χ0) is 28.5. The number of hydrogen-bond donors (Lipinski definition) is 1. The third kappa shape index (κ3) is 6.74. The van der Waals surface area contributed by atoms with E-state index in [1.165, 1.54) is 6.08 Å². The summed E-state index contributed by atoms with van der Waals surface area (Å²) in [5.74, 6) is 1.76. The van der Waals surface area contributed by atoms with Gasteiger partial charge in [0.25, 0.3) is 5.91 Å². The van der Waals surface area contributed by atoms with Crippen LogP contribution in [0, 0.1) is 11.3 Å². The molecule has 7 nitrogen and oxygen atoms in total. The van der Waals surface area contributed by atoms with E-state index in [0.29, 0.717) is 46.2 Å². The summed E-state index contributed by atoms with van der Waals surface area (Å²) in [5, 5.41) is 14.8. The Morgan fingerprint density at radius 1 is 0.950 bits per heavy atom. The van der Waals surface area contributed by atoms with Crippen molar-refractivity contribution in [1.82, 2.24) is 5.32 Å². The monoisotopic (exact) mass is 600 g/mol. The highest BCUT2D eigenvalue weighted by Gasteiger charge is 2.16. The number of amides is 1. The first-order chi connectivity index (χ1) is 19.5. The van der Waals surface area contributed by atoms with Crippen LogP contribution in [0.2, 0.25) is 0 Å². The van der Waals surface area contributed by atoms with Gasteiger partial charge in [-0.3, -0.25) is 4.79 Å². The topological polar surface area (TPSA) is 89.8 Å². The van der Waals surface area contributed by atoms with E-state index >= 15 is 0 Å². The highest BCUT2D eigenvalue weighted by Crippen LogP contribution is 2.38. The lowest BCUT2D eigenvalue weighted by Gasteiger charge is -2.16. The van der Waals surface area contributed by atoms with Gasteiger partial charge >= 0.3 is 0 Å². The fraction of sp³-hybridized carbons (Fsp3) is 0.188. The van der Waals surface area contributed by atoms with Crippen molar-refractivity contribution in [1.29, 1.82) is 5.26 Å². The van der Waals surface area contributed by atoms with Crippen LogP contribution in [-0.4, -0.2) is 26.7 Å². The molecule has 0 fully saturated rings. The Kier molecular flexibility index (Phi) is 9.66. The number of methoxy groups -OCH3 is 2. The van der Waals surface area contributed by atoms with Gasteiger partial charge in [0.1, 0.15) is 29.7 Å². The molecule has 0 aromatic heterocycles. The van der Waals surface area contributed by atoms with Gasteiger partial charge in [0.2, 0.25) is 0 Å². The van der Waals surface area contributed by atoms with Crippen molar-refractivity contribution in [3.8, 4) is 29.1 Å². The molecule has 0 spiro atoms. The Morgan fingerprint density at radius 2 is 1.75 bits per heavy atom. The number of carbonyl (C=O) groups is 1. The van der Waals surface area contributed by atoms with E-state index in [4.69, 9.17) is 18.9 Å². The fourth-order valence-corrected chi connectivity index (χ4v) is 4.80. The molecule has 0 radical (unpaired) electrons. The van der Waals surface area contributed by atoms with Crippen LogP contribution >= 0.6 is 15.9 Å². The van der Waals surface area contributed by atoms with Crippen molar-refractivity contribution >= 4 is 38.7 Å². The van der Waals surface area contributed by atoms with Gasteiger partial charge in [-0.25, -0.2) is 0 Å². The third-order valence-corrected chi connectivity index (χ3v) is 6.78. The Balaban J connectivity index is 1.53. The normalized spacial score (nSPS) is 11.0. The zero-order valence-corrected chi connectivity index (χ0v) is 24.1. The van der Waals surface area contributed by atoms with E-state index in [0.717, 1.165) is 21.9 Å². The third-order valence-electron chi connectivity index (χ3n) is 6.19. The van der Waals surface area contributed by atoms with E-state index in [1.807, 2.05) is 37.3 Å². The van der Waals surface area contributed by atoms with Crippen LogP contribution in [-0.2, 0) is 17.9 Å². The van der Waals surface area contributed by atoms with Crippen molar-refractivity contribution < 1.29 is 23.7 Å². The molecule has 0 atom stereocenters. The molecule has 0 aliphatic rings. The quantitative estimate of drug-likeness (QED) is 0.150. The molecule has 0 bridgehead atoms. The first-order valence-corrected chi connectivity index (χ1v) is 13.4. The molecule has 0 unspecified atom stereocenters. The number of hydrogen-bond acceptors (Lipinski definition) is 6. The predicted octanol–water partition coefficient (Wildman–Crippen LogP) is 6.82. The standard InChI is InChI=1S/C32H29BrN2O5/c1-4-39-30-16-21(14-25(18-34)32(36)35-19-23-12-13-26(37-2)17-29(23)38-3)15-28(33)31(30)40-20-24-10-7-9-22-8-5-6-11-27(22)24/h5-17H,4,19-20H2,1-3H3,(H,35,36)/b25-14+. The number of carbonyl (C=O) groups excluding carboxylic acids is 1. The van der Waals surface area contributed by atoms with E-state index in [2.05, 4.69) is 39.4 Å². The van der Waals surface area contributed by atoms with Crippen LogP contribution in [0.1, 0.15) is 23.6 Å². The molecule has 1 amide bonds. The number of fused-ring (bicyclic) bond motifs is 1. The average Bonchev–Trinajstić information content (AvgIpc) is 2.98. The molecule has 4 aromatic rings. The summed E-state index contributed by atoms with van der Waals surface area (Å²) in [6.45, 7) is 2.82. The number of halogens is 1. The maximum absolute atomic E-state index is 12.9. The van der Waals surface area contributed by atoms with Gasteiger partial charge in [-0.05, 0) is 75.1 Å². The van der Waals surface area contributed by atoms with Gasteiger partial charge < -0.3 is 24.3 Å². The van der Waals surface area contributed by atoms with Crippen LogP contribution in [0.5, 0.6) is 23.0 Å². The lowest BCUT2D eigenvalue weighted by atomic mass is 10.1. The van der Waals surface area contributed by atoms with Crippen LogP contribution in [0.25, 0.3) is 16.8 Å². The van der Waals surface area contributed by atoms with Crippen LogP contribution in [0.4, 0.5) is 0 Å². The molecular weight excluding hydrogens is 572 g/mol. The fourth-order valence-electron chi connectivity index (χ4n) is 4.23. The predicted molar refractivity (Wildman–Crippen MR) is 159 cm³/mol. The molecule has 0 heterocycles. The highest BCUT2D eigenvalue weighted by atomic mass is 79.9. The van der Waals surface area contributed by atoms with Crippen LogP contribution in [0.3, 0.4) is 0 Å². The second-order valence-electron chi connectivity index (χ2n) is 8.72. The van der Waals surface area contributed by atoms with Gasteiger partial charge in [-0.1, -0.05) is 42.5 Å².